The highest BCUT2D eigenvalue weighted by Gasteiger charge is 2.21. The monoisotopic (exact) mass is 320 g/mol. The fourth-order valence-electron chi connectivity index (χ4n) is 1.74. The van der Waals surface area contributed by atoms with Crippen LogP contribution in [0, 0.1) is 16.0 Å². The summed E-state index contributed by atoms with van der Waals surface area (Å²) in [6.45, 7) is 3.97. The zero-order valence-corrected chi connectivity index (χ0v) is 12.9. The number of nitrogens with one attached hydrogen (secondary N) is 1. The Labute approximate surface area is 129 Å². The molecule has 0 heterocycles. The van der Waals surface area contributed by atoms with E-state index in [1.54, 1.807) is 0 Å². The molecule has 0 saturated heterocycles. The van der Waals surface area contributed by atoms with Crippen LogP contribution < -0.4 is 5.32 Å². The Hall–Kier alpha value is -2.06. The van der Waals surface area contributed by atoms with Gasteiger partial charge in [-0.15, -0.1) is 10.1 Å². The molecule has 22 heavy (non-hydrogen) atoms. The normalized spacial score (nSPS) is 11.8. The topological polar surface area (TPSA) is 128 Å². The lowest BCUT2D eigenvalue weighted by atomic mass is 10.0. The Morgan fingerprint density at radius 2 is 1.77 bits per heavy atom. The van der Waals surface area contributed by atoms with E-state index in [1.807, 2.05) is 13.8 Å². The molecule has 0 aromatic heterocycles. The second-order valence-corrected chi connectivity index (χ2v) is 5.27. The van der Waals surface area contributed by atoms with Crippen molar-refractivity contribution in [3.63, 3.8) is 0 Å². The summed E-state index contributed by atoms with van der Waals surface area (Å²) < 4.78 is 4.90. The van der Waals surface area contributed by atoms with Crippen molar-refractivity contribution in [3.8, 4) is 0 Å². The first kappa shape index (κ1) is 19.9. The number of ether oxygens (including phenoxy) is 1. The molecule has 0 spiro atoms. The fourth-order valence-corrected chi connectivity index (χ4v) is 1.74. The standard InChI is InChI=1S/C13H24N2O7/c1-10(2)9-11(12(16)17)14-13(18)21-7-5-3-4-6-8-22-15(19)20/h10-11H,3-9H2,1-2H3,(H,14,18)(H,16,17). The van der Waals surface area contributed by atoms with E-state index in [0.29, 0.717) is 19.3 Å². The molecule has 1 unspecified atom stereocenters. The molecule has 0 aliphatic heterocycles. The van der Waals surface area contributed by atoms with E-state index in [0.717, 1.165) is 12.8 Å². The van der Waals surface area contributed by atoms with Crippen molar-refractivity contribution in [1.29, 1.82) is 0 Å². The van der Waals surface area contributed by atoms with E-state index in [-0.39, 0.29) is 19.1 Å². The SMILES string of the molecule is CC(C)CC(NC(=O)OCCCCCCO[N+](=O)[O-])C(=O)O. The molecule has 1 amide bonds. The van der Waals surface area contributed by atoms with Gasteiger partial charge in [-0.1, -0.05) is 20.3 Å². The van der Waals surface area contributed by atoms with Gasteiger partial charge in [0.25, 0.3) is 5.09 Å². The Morgan fingerprint density at radius 3 is 2.27 bits per heavy atom. The minimum atomic E-state index is -1.09. The number of carboxylic acids is 1. The van der Waals surface area contributed by atoms with Gasteiger partial charge < -0.3 is 20.0 Å². The maximum atomic E-state index is 11.5. The average molecular weight is 320 g/mol. The van der Waals surface area contributed by atoms with E-state index in [9.17, 15) is 19.7 Å². The average Bonchev–Trinajstić information content (AvgIpc) is 2.40. The van der Waals surface area contributed by atoms with Crippen LogP contribution in [0.2, 0.25) is 0 Å². The van der Waals surface area contributed by atoms with Gasteiger partial charge in [0.15, 0.2) is 0 Å². The van der Waals surface area contributed by atoms with Crippen LogP contribution in [0.15, 0.2) is 0 Å². The smallest absolute Gasteiger partial charge is 0.407 e. The molecule has 128 valence electrons. The van der Waals surface area contributed by atoms with Crippen LogP contribution >= 0.6 is 0 Å². The third-order valence-electron chi connectivity index (χ3n) is 2.77. The van der Waals surface area contributed by atoms with Gasteiger partial charge in [0.05, 0.1) is 13.2 Å². The number of rotatable bonds is 12. The number of amides is 1. The molecule has 9 nitrogen and oxygen atoms in total. The summed E-state index contributed by atoms with van der Waals surface area (Å²) in [4.78, 5) is 36.5. The summed E-state index contributed by atoms with van der Waals surface area (Å²) in [6.07, 6.45) is 2.22. The highest BCUT2D eigenvalue weighted by Crippen LogP contribution is 2.05. The molecule has 0 bridgehead atoms. The number of unbranched alkanes of at least 4 members (excludes halogenated alkanes) is 3. The van der Waals surface area contributed by atoms with Crippen molar-refractivity contribution in [1.82, 2.24) is 5.32 Å². The lowest BCUT2D eigenvalue weighted by Crippen LogP contribution is -2.42. The molecular formula is C13H24N2O7. The Bertz CT molecular complexity index is 360. The van der Waals surface area contributed by atoms with Crippen molar-refractivity contribution in [3.05, 3.63) is 10.1 Å². The van der Waals surface area contributed by atoms with E-state index >= 15 is 0 Å². The Kier molecular flexibility index (Phi) is 10.5. The van der Waals surface area contributed by atoms with Crippen LogP contribution in [-0.2, 0) is 14.4 Å². The molecular weight excluding hydrogens is 296 g/mol. The first-order chi connectivity index (χ1) is 10.3. The predicted molar refractivity (Wildman–Crippen MR) is 76.8 cm³/mol. The van der Waals surface area contributed by atoms with Crippen molar-refractivity contribution < 1.29 is 29.4 Å². The van der Waals surface area contributed by atoms with Gasteiger partial charge in [-0.3, -0.25) is 0 Å². The van der Waals surface area contributed by atoms with E-state index < -0.39 is 23.2 Å². The zero-order valence-electron chi connectivity index (χ0n) is 12.9. The molecule has 0 fully saturated rings. The summed E-state index contributed by atoms with van der Waals surface area (Å²) in [5.74, 6) is -0.945. The maximum absolute atomic E-state index is 11.5. The van der Waals surface area contributed by atoms with Crippen LogP contribution in [0.25, 0.3) is 0 Å². The zero-order chi connectivity index (χ0) is 17.0. The second-order valence-electron chi connectivity index (χ2n) is 5.27. The third kappa shape index (κ3) is 11.7. The van der Waals surface area contributed by atoms with Gasteiger partial charge in [-0.2, -0.15) is 0 Å². The molecule has 0 aliphatic rings. The fraction of sp³-hybridized carbons (Fsp3) is 0.846. The van der Waals surface area contributed by atoms with E-state index in [4.69, 9.17) is 9.84 Å². The summed E-state index contributed by atoms with van der Waals surface area (Å²) in [5.41, 5.74) is 0. The number of hydrogen-bond acceptors (Lipinski definition) is 6. The molecule has 0 aliphatic carbocycles. The Morgan fingerprint density at radius 1 is 1.18 bits per heavy atom. The van der Waals surface area contributed by atoms with E-state index in [1.165, 1.54) is 0 Å². The van der Waals surface area contributed by atoms with Gasteiger partial charge >= 0.3 is 12.1 Å². The number of carbonyl (C=O) groups is 2. The minimum absolute atomic E-state index is 0.0594. The highest BCUT2D eigenvalue weighted by atomic mass is 16.9. The van der Waals surface area contributed by atoms with Crippen LogP contribution in [0.3, 0.4) is 0 Å². The molecule has 0 saturated carbocycles. The van der Waals surface area contributed by atoms with Gasteiger partial charge in [0, 0.05) is 0 Å². The summed E-state index contributed by atoms with van der Waals surface area (Å²) in [5, 5.41) is 20.3. The summed E-state index contributed by atoms with van der Waals surface area (Å²) in [6, 6.07) is -0.952. The molecule has 0 aromatic carbocycles. The molecule has 0 rings (SSSR count). The van der Waals surface area contributed by atoms with Crippen LogP contribution in [0.1, 0.15) is 46.0 Å². The largest absolute Gasteiger partial charge is 0.480 e. The van der Waals surface area contributed by atoms with Gasteiger partial charge in [-0.05, 0) is 31.6 Å². The molecule has 0 radical (unpaired) electrons. The lowest BCUT2D eigenvalue weighted by molar-refractivity contribution is -0.757. The molecule has 9 heteroatoms. The number of carbonyl (C=O) groups excluding carboxylic acids is 1. The van der Waals surface area contributed by atoms with Crippen molar-refractivity contribution in [2.75, 3.05) is 13.2 Å². The van der Waals surface area contributed by atoms with Crippen LogP contribution in [-0.4, -0.2) is 41.5 Å². The third-order valence-corrected chi connectivity index (χ3v) is 2.77. The predicted octanol–water partition coefficient (Wildman–Crippen LogP) is 1.98. The number of aliphatic carboxylic acids is 1. The summed E-state index contributed by atoms with van der Waals surface area (Å²) in [7, 11) is 0. The molecule has 1 atom stereocenters. The quantitative estimate of drug-likeness (QED) is 0.319. The van der Waals surface area contributed by atoms with Crippen LogP contribution in [0.4, 0.5) is 4.79 Å². The first-order valence-electron chi connectivity index (χ1n) is 7.26. The van der Waals surface area contributed by atoms with E-state index in [2.05, 4.69) is 10.2 Å². The highest BCUT2D eigenvalue weighted by molar-refractivity contribution is 5.79. The number of hydrogen-bond donors (Lipinski definition) is 2. The van der Waals surface area contributed by atoms with Crippen molar-refractivity contribution in [2.45, 2.75) is 52.0 Å². The number of nitrogens with zero attached hydrogens (tertiary/aromatic N) is 1. The summed E-state index contributed by atoms with van der Waals surface area (Å²) >= 11 is 0. The second kappa shape index (κ2) is 11.6. The number of carboxylic acid groups (broad SMARTS) is 1. The molecule has 0 aromatic rings. The molecule has 2 N–H and O–H groups in total. The minimum Gasteiger partial charge on any atom is -0.480 e. The van der Waals surface area contributed by atoms with Crippen molar-refractivity contribution >= 4 is 12.1 Å². The van der Waals surface area contributed by atoms with Gasteiger partial charge in [0.2, 0.25) is 0 Å². The van der Waals surface area contributed by atoms with Crippen LogP contribution in [0.5, 0.6) is 0 Å². The number of alkyl carbamates (subject to hydrolysis) is 1. The van der Waals surface area contributed by atoms with Crippen molar-refractivity contribution in [2.24, 2.45) is 5.92 Å². The van der Waals surface area contributed by atoms with Gasteiger partial charge in [0.1, 0.15) is 6.04 Å². The lowest BCUT2D eigenvalue weighted by Gasteiger charge is -2.16. The Balaban J connectivity index is 3.67. The first-order valence-corrected chi connectivity index (χ1v) is 7.26. The maximum Gasteiger partial charge on any atom is 0.407 e. The van der Waals surface area contributed by atoms with Gasteiger partial charge in [-0.25, -0.2) is 9.59 Å².